The standard InChI is InChI=1S/C26H41N3O10/c1-8-10-35-13-17(24(33)34-7)29-23(32)16(11-15(3)4)28-19(30)12-27-20(31)14-36-21-18(9-2)37-25-22(21)38-26(5,6)39-25/h8-9,15-18,21-22,25H,1-2,10-14H2,3-7H3,(H,27,31)(H,28,30)(H,29,32)/t16-,17-,18+,21-,22+,25+/m0/s1. The van der Waals surface area contributed by atoms with Gasteiger partial charge >= 0.3 is 5.97 Å². The Morgan fingerprint density at radius 2 is 1.77 bits per heavy atom. The van der Waals surface area contributed by atoms with Crippen LogP contribution in [-0.2, 0) is 47.6 Å². The van der Waals surface area contributed by atoms with Crippen molar-refractivity contribution in [2.24, 2.45) is 5.92 Å². The van der Waals surface area contributed by atoms with Gasteiger partial charge in [0.25, 0.3) is 0 Å². The molecule has 0 unspecified atom stereocenters. The second kappa shape index (κ2) is 15.1. The summed E-state index contributed by atoms with van der Waals surface area (Å²) in [6.07, 6.45) is 1.02. The summed E-state index contributed by atoms with van der Waals surface area (Å²) in [5.74, 6) is -3.23. The Labute approximate surface area is 228 Å². The lowest BCUT2D eigenvalue weighted by atomic mass is 10.0. The maximum absolute atomic E-state index is 12.9. The highest BCUT2D eigenvalue weighted by Gasteiger charge is 2.54. The van der Waals surface area contributed by atoms with Crippen molar-refractivity contribution in [2.75, 3.05) is 33.5 Å². The summed E-state index contributed by atoms with van der Waals surface area (Å²) in [6, 6.07) is -2.02. The number of methoxy groups -OCH3 is 1. The Hall–Kier alpha value is -2.84. The summed E-state index contributed by atoms with van der Waals surface area (Å²) in [7, 11) is 1.19. The quantitative estimate of drug-likeness (QED) is 0.134. The fourth-order valence-electron chi connectivity index (χ4n) is 4.09. The molecule has 0 spiro atoms. The van der Waals surface area contributed by atoms with Crippen LogP contribution in [0.5, 0.6) is 0 Å². The maximum Gasteiger partial charge on any atom is 0.330 e. The van der Waals surface area contributed by atoms with Crippen LogP contribution >= 0.6 is 0 Å². The number of nitrogens with one attached hydrogen (secondary N) is 3. The number of amides is 3. The number of esters is 1. The molecule has 2 fully saturated rings. The second-order valence-electron chi connectivity index (χ2n) is 10.0. The lowest BCUT2D eigenvalue weighted by molar-refractivity contribution is -0.212. The molecule has 2 heterocycles. The van der Waals surface area contributed by atoms with Crippen molar-refractivity contribution in [1.29, 1.82) is 0 Å². The molecule has 0 bridgehead atoms. The average Bonchev–Trinajstić information content (AvgIpc) is 3.35. The second-order valence-corrected chi connectivity index (χ2v) is 10.0. The molecule has 6 atom stereocenters. The first-order chi connectivity index (χ1) is 18.4. The molecular weight excluding hydrogens is 514 g/mol. The minimum atomic E-state index is -1.07. The van der Waals surface area contributed by atoms with Gasteiger partial charge in [0.15, 0.2) is 18.1 Å². The van der Waals surface area contributed by atoms with Gasteiger partial charge in [0, 0.05) is 0 Å². The summed E-state index contributed by atoms with van der Waals surface area (Å²) in [6.45, 7) is 13.8. The van der Waals surface area contributed by atoms with Gasteiger partial charge in [-0.05, 0) is 26.2 Å². The number of carbonyl (C=O) groups excluding carboxylic acids is 4. The molecule has 2 aliphatic heterocycles. The van der Waals surface area contributed by atoms with E-state index in [0.29, 0.717) is 6.42 Å². The fourth-order valence-corrected chi connectivity index (χ4v) is 4.09. The number of hydrogen-bond donors (Lipinski definition) is 3. The molecule has 3 N–H and O–H groups in total. The smallest absolute Gasteiger partial charge is 0.330 e. The molecule has 0 aliphatic carbocycles. The van der Waals surface area contributed by atoms with Crippen LogP contribution in [0.2, 0.25) is 0 Å². The van der Waals surface area contributed by atoms with Gasteiger partial charge in [0.1, 0.15) is 31.0 Å². The molecule has 2 aliphatic rings. The number of rotatable bonds is 16. The van der Waals surface area contributed by atoms with Crippen LogP contribution in [0.15, 0.2) is 25.3 Å². The average molecular weight is 556 g/mol. The van der Waals surface area contributed by atoms with Crippen LogP contribution in [-0.4, -0.2) is 99.6 Å². The lowest BCUT2D eigenvalue weighted by Crippen LogP contribution is -2.54. The van der Waals surface area contributed by atoms with Gasteiger partial charge in [-0.3, -0.25) is 14.4 Å². The molecule has 3 amide bonds. The first-order valence-corrected chi connectivity index (χ1v) is 12.8. The number of carbonyl (C=O) groups is 4. The van der Waals surface area contributed by atoms with E-state index >= 15 is 0 Å². The minimum Gasteiger partial charge on any atom is -0.467 e. The monoisotopic (exact) mass is 555 g/mol. The predicted octanol–water partition coefficient (Wildman–Crippen LogP) is -0.0585. The molecule has 2 saturated heterocycles. The van der Waals surface area contributed by atoms with Crippen LogP contribution in [0, 0.1) is 5.92 Å². The third-order valence-electron chi connectivity index (χ3n) is 5.79. The van der Waals surface area contributed by atoms with E-state index < -0.39 is 72.7 Å². The van der Waals surface area contributed by atoms with Gasteiger partial charge < -0.3 is 44.4 Å². The zero-order valence-corrected chi connectivity index (χ0v) is 23.2. The van der Waals surface area contributed by atoms with Gasteiger partial charge in [-0.2, -0.15) is 0 Å². The van der Waals surface area contributed by atoms with Gasteiger partial charge in [-0.15, -0.1) is 13.2 Å². The summed E-state index contributed by atoms with van der Waals surface area (Å²) in [4.78, 5) is 49.9. The summed E-state index contributed by atoms with van der Waals surface area (Å²) >= 11 is 0. The Morgan fingerprint density at radius 3 is 2.38 bits per heavy atom. The van der Waals surface area contributed by atoms with E-state index in [0.717, 1.165) is 0 Å². The zero-order valence-electron chi connectivity index (χ0n) is 23.2. The summed E-state index contributed by atoms with van der Waals surface area (Å²) in [5, 5.41) is 7.62. The zero-order chi connectivity index (χ0) is 29.2. The topological polar surface area (TPSA) is 160 Å². The summed E-state index contributed by atoms with van der Waals surface area (Å²) in [5.41, 5.74) is 0. The SMILES string of the molecule is C=CCOC[C@H](NC(=O)[C@H](CC(C)C)NC(=O)CNC(=O)CO[C@@H]1[C@H]2OC(C)(C)O[C@H]2O[C@@H]1C=C)C(=O)OC. The van der Waals surface area contributed by atoms with E-state index in [4.69, 9.17) is 28.4 Å². The maximum atomic E-state index is 12.9. The van der Waals surface area contributed by atoms with Crippen molar-refractivity contribution in [3.05, 3.63) is 25.3 Å². The normalized spacial score (nSPS) is 24.8. The lowest BCUT2D eigenvalue weighted by Gasteiger charge is -2.24. The number of fused-ring (bicyclic) bond motifs is 1. The van der Waals surface area contributed by atoms with E-state index in [1.54, 1.807) is 19.9 Å². The van der Waals surface area contributed by atoms with Crippen molar-refractivity contribution in [2.45, 2.75) is 76.6 Å². The highest BCUT2D eigenvalue weighted by Crippen LogP contribution is 2.38. The first-order valence-electron chi connectivity index (χ1n) is 12.8. The highest BCUT2D eigenvalue weighted by molar-refractivity contribution is 5.92. The molecule has 13 nitrogen and oxygen atoms in total. The first kappa shape index (κ1) is 32.4. The van der Waals surface area contributed by atoms with Crippen LogP contribution < -0.4 is 16.0 Å². The molecule has 13 heteroatoms. The third kappa shape index (κ3) is 10.0. The van der Waals surface area contributed by atoms with Crippen molar-refractivity contribution < 1.29 is 47.6 Å². The van der Waals surface area contributed by atoms with E-state index in [1.807, 2.05) is 13.8 Å². The predicted molar refractivity (Wildman–Crippen MR) is 138 cm³/mol. The number of hydrogen-bond acceptors (Lipinski definition) is 10. The van der Waals surface area contributed by atoms with Crippen LogP contribution in [0.25, 0.3) is 0 Å². The molecule has 220 valence electrons. The van der Waals surface area contributed by atoms with E-state index in [1.165, 1.54) is 13.2 Å². The van der Waals surface area contributed by atoms with Gasteiger partial charge in [0.2, 0.25) is 17.7 Å². The molecular formula is C26H41N3O10. The molecule has 0 aromatic carbocycles. The summed E-state index contributed by atoms with van der Waals surface area (Å²) < 4.78 is 33.0. The van der Waals surface area contributed by atoms with E-state index in [9.17, 15) is 19.2 Å². The molecule has 0 saturated carbocycles. The molecule has 39 heavy (non-hydrogen) atoms. The van der Waals surface area contributed by atoms with E-state index in [2.05, 4.69) is 29.1 Å². The van der Waals surface area contributed by atoms with Gasteiger partial charge in [-0.25, -0.2) is 4.79 Å². The largest absolute Gasteiger partial charge is 0.467 e. The highest BCUT2D eigenvalue weighted by atomic mass is 16.8. The van der Waals surface area contributed by atoms with Crippen LogP contribution in [0.1, 0.15) is 34.1 Å². The van der Waals surface area contributed by atoms with Crippen molar-refractivity contribution in [3.63, 3.8) is 0 Å². The van der Waals surface area contributed by atoms with E-state index in [-0.39, 0.29) is 25.7 Å². The molecule has 0 aromatic heterocycles. The molecule has 0 radical (unpaired) electrons. The van der Waals surface area contributed by atoms with Gasteiger partial charge in [-0.1, -0.05) is 26.0 Å². The Bertz CT molecular complexity index is 893. The van der Waals surface area contributed by atoms with Gasteiger partial charge in [0.05, 0.1) is 26.9 Å². The van der Waals surface area contributed by atoms with Crippen molar-refractivity contribution in [3.8, 4) is 0 Å². The van der Waals surface area contributed by atoms with Crippen molar-refractivity contribution in [1.82, 2.24) is 16.0 Å². The third-order valence-corrected chi connectivity index (χ3v) is 5.79. The number of ether oxygens (including phenoxy) is 6. The van der Waals surface area contributed by atoms with Crippen molar-refractivity contribution >= 4 is 23.7 Å². The minimum absolute atomic E-state index is 0.0414. The molecule has 0 aromatic rings. The Morgan fingerprint density at radius 1 is 1.05 bits per heavy atom. The Kier molecular flexibility index (Phi) is 12.5. The van der Waals surface area contributed by atoms with Crippen LogP contribution in [0.4, 0.5) is 0 Å². The Balaban J connectivity index is 1.87. The fraction of sp³-hybridized carbons (Fsp3) is 0.692. The van der Waals surface area contributed by atoms with Crippen LogP contribution in [0.3, 0.4) is 0 Å². The molecule has 2 rings (SSSR count).